The van der Waals surface area contributed by atoms with E-state index in [0.29, 0.717) is 53.7 Å². The Labute approximate surface area is 238 Å². The quantitative estimate of drug-likeness (QED) is 0.260. The molecule has 0 atom stereocenters. The molecule has 3 aromatic heterocycles. The first-order valence-electron chi connectivity index (χ1n) is 13.4. The molecule has 4 heterocycles. The van der Waals surface area contributed by atoms with Gasteiger partial charge in [0, 0.05) is 41.7 Å². The number of rotatable bonds is 6. The van der Waals surface area contributed by atoms with E-state index in [9.17, 15) is 16.8 Å². The minimum absolute atomic E-state index is 0.0330. The fourth-order valence-corrected chi connectivity index (χ4v) is 8.57. The molecule has 41 heavy (non-hydrogen) atoms. The number of aryl methyl sites for hydroxylation is 2. The maximum absolute atomic E-state index is 13.9. The average Bonchev–Trinajstić information content (AvgIpc) is 3.24. The third-order valence-electron chi connectivity index (χ3n) is 8.19. The minimum Gasteiger partial charge on any atom is -0.355 e. The van der Waals surface area contributed by atoms with Crippen LogP contribution >= 0.6 is 0 Å². The zero-order valence-electron chi connectivity index (χ0n) is 22.6. The lowest BCUT2D eigenvalue weighted by atomic mass is 9.62. The van der Waals surface area contributed by atoms with Crippen LogP contribution in [0.15, 0.2) is 88.9 Å². The van der Waals surface area contributed by atoms with Crippen molar-refractivity contribution in [3.63, 3.8) is 0 Å². The zero-order valence-corrected chi connectivity index (χ0v) is 24.2. The molecule has 11 heteroatoms. The lowest BCUT2D eigenvalue weighted by molar-refractivity contribution is -0.0308. The van der Waals surface area contributed by atoms with E-state index in [2.05, 4.69) is 9.88 Å². The van der Waals surface area contributed by atoms with Gasteiger partial charge in [0.15, 0.2) is 5.65 Å². The number of hydrogen-bond donors (Lipinski definition) is 0. The largest absolute Gasteiger partial charge is 0.355 e. The molecular formula is C30H28N4O5S2. The van der Waals surface area contributed by atoms with Crippen LogP contribution in [-0.4, -0.2) is 50.0 Å². The summed E-state index contributed by atoms with van der Waals surface area (Å²) in [5, 5.41) is 1.42. The molecule has 9 nitrogen and oxygen atoms in total. The molecule has 0 N–H and O–H groups in total. The lowest BCUT2D eigenvalue weighted by Crippen LogP contribution is -2.64. The first kappa shape index (κ1) is 26.1. The van der Waals surface area contributed by atoms with Crippen molar-refractivity contribution in [1.29, 1.82) is 0 Å². The van der Waals surface area contributed by atoms with Gasteiger partial charge in [0.2, 0.25) is 0 Å². The van der Waals surface area contributed by atoms with Gasteiger partial charge in [-0.25, -0.2) is 17.4 Å². The molecule has 0 radical (unpaired) electrons. The molecular weight excluding hydrogens is 560 g/mol. The summed E-state index contributed by atoms with van der Waals surface area (Å²) in [6, 6.07) is 18.9. The summed E-state index contributed by atoms with van der Waals surface area (Å²) in [6.07, 6.45) is 4.18. The van der Waals surface area contributed by atoms with Crippen LogP contribution in [0.2, 0.25) is 0 Å². The van der Waals surface area contributed by atoms with Crippen LogP contribution in [0.3, 0.4) is 0 Å². The molecule has 0 unspecified atom stereocenters. The van der Waals surface area contributed by atoms with Gasteiger partial charge in [-0.2, -0.15) is 8.42 Å². The van der Waals surface area contributed by atoms with E-state index in [1.54, 1.807) is 67.0 Å². The molecule has 1 saturated carbocycles. The van der Waals surface area contributed by atoms with E-state index in [-0.39, 0.29) is 21.3 Å². The molecule has 2 aliphatic rings. The molecule has 1 aliphatic carbocycles. The minimum atomic E-state index is -3.93. The summed E-state index contributed by atoms with van der Waals surface area (Å²) in [7, 11) is -7.74. The van der Waals surface area contributed by atoms with E-state index < -0.39 is 20.1 Å². The van der Waals surface area contributed by atoms with Crippen molar-refractivity contribution in [2.24, 2.45) is 5.41 Å². The predicted molar refractivity (Wildman–Crippen MR) is 156 cm³/mol. The highest BCUT2D eigenvalue weighted by Crippen LogP contribution is 2.51. The van der Waals surface area contributed by atoms with Crippen LogP contribution in [0.5, 0.6) is 0 Å². The van der Waals surface area contributed by atoms with Gasteiger partial charge in [-0.1, -0.05) is 35.4 Å². The molecule has 0 amide bonds. The van der Waals surface area contributed by atoms with Crippen molar-refractivity contribution in [3.05, 3.63) is 90.3 Å². The third kappa shape index (κ3) is 4.30. The van der Waals surface area contributed by atoms with Gasteiger partial charge >= 0.3 is 0 Å². The normalized spacial score (nSPS) is 17.2. The highest BCUT2D eigenvalue weighted by Gasteiger charge is 2.54. The topological polar surface area (TPSA) is 111 Å². The molecule has 5 aromatic rings. The van der Waals surface area contributed by atoms with E-state index >= 15 is 0 Å². The predicted octanol–water partition coefficient (Wildman–Crippen LogP) is 4.81. The van der Waals surface area contributed by atoms with Crippen molar-refractivity contribution in [3.8, 4) is 0 Å². The molecule has 2 aromatic carbocycles. The van der Waals surface area contributed by atoms with Gasteiger partial charge in [-0.3, -0.25) is 9.17 Å². The van der Waals surface area contributed by atoms with E-state index in [0.717, 1.165) is 11.1 Å². The van der Waals surface area contributed by atoms with E-state index in [4.69, 9.17) is 9.17 Å². The summed E-state index contributed by atoms with van der Waals surface area (Å²) in [5.74, 6) is 0.677. The summed E-state index contributed by atoms with van der Waals surface area (Å²) in [5.41, 5.74) is 2.80. The van der Waals surface area contributed by atoms with Crippen LogP contribution in [0.25, 0.3) is 21.9 Å². The second-order valence-corrected chi connectivity index (χ2v) is 14.6. The zero-order chi connectivity index (χ0) is 28.6. The summed E-state index contributed by atoms with van der Waals surface area (Å²) >= 11 is 0. The van der Waals surface area contributed by atoms with Crippen molar-refractivity contribution in [2.75, 3.05) is 18.0 Å². The first-order chi connectivity index (χ1) is 19.5. The van der Waals surface area contributed by atoms with Gasteiger partial charge in [-0.15, -0.1) is 0 Å². The second-order valence-electron chi connectivity index (χ2n) is 11.3. The highest BCUT2D eigenvalue weighted by molar-refractivity contribution is 7.90. The Morgan fingerprint density at radius 3 is 2.10 bits per heavy atom. The van der Waals surface area contributed by atoms with Crippen LogP contribution < -0.4 is 4.90 Å². The maximum atomic E-state index is 13.9. The van der Waals surface area contributed by atoms with Gasteiger partial charge in [0.05, 0.1) is 21.4 Å². The number of anilines is 1. The van der Waals surface area contributed by atoms with Crippen LogP contribution in [0.1, 0.15) is 24.0 Å². The van der Waals surface area contributed by atoms with Crippen molar-refractivity contribution in [2.45, 2.75) is 42.6 Å². The Kier molecular flexibility index (Phi) is 5.80. The van der Waals surface area contributed by atoms with Crippen molar-refractivity contribution >= 4 is 47.9 Å². The number of benzene rings is 2. The van der Waals surface area contributed by atoms with Gasteiger partial charge in [0.1, 0.15) is 5.82 Å². The maximum Gasteiger partial charge on any atom is 0.297 e. The van der Waals surface area contributed by atoms with Crippen LogP contribution in [-0.2, 0) is 24.3 Å². The number of pyridine rings is 2. The summed E-state index contributed by atoms with van der Waals surface area (Å²) in [4.78, 5) is 11.5. The van der Waals surface area contributed by atoms with Crippen LogP contribution in [0, 0.1) is 19.3 Å². The standard InChI is InChI=1S/C30H28N4O5S2/c1-20-3-7-23(8-4-20)40(35,36)34-27-13-14-31-17-26(27)25-11-12-28(32-29(25)34)33-18-30(19-33)15-22(16-30)39-41(37,38)24-9-5-21(2)6-10-24/h3-14,17,22H,15-16,18-19H2,1-2H3. The summed E-state index contributed by atoms with van der Waals surface area (Å²) in [6.45, 7) is 5.21. The molecule has 0 bridgehead atoms. The molecule has 210 valence electrons. The van der Waals surface area contributed by atoms with Crippen molar-refractivity contribution in [1.82, 2.24) is 13.9 Å². The van der Waals surface area contributed by atoms with E-state index in [1.165, 1.54) is 3.97 Å². The summed E-state index contributed by atoms with van der Waals surface area (Å²) < 4.78 is 59.9. The number of nitrogens with zero attached hydrogens (tertiary/aromatic N) is 4. The molecule has 2 fully saturated rings. The highest BCUT2D eigenvalue weighted by atomic mass is 32.2. The van der Waals surface area contributed by atoms with Gasteiger partial charge in [-0.05, 0) is 69.2 Å². The Morgan fingerprint density at radius 1 is 0.805 bits per heavy atom. The Bertz CT molecular complexity index is 2020. The van der Waals surface area contributed by atoms with Crippen molar-refractivity contribution < 1.29 is 21.0 Å². The fourth-order valence-electron chi connectivity index (χ4n) is 6.02. The van der Waals surface area contributed by atoms with Gasteiger partial charge in [0.25, 0.3) is 20.1 Å². The molecule has 1 aliphatic heterocycles. The lowest BCUT2D eigenvalue weighted by Gasteiger charge is -2.58. The van der Waals surface area contributed by atoms with Gasteiger partial charge < -0.3 is 4.90 Å². The Morgan fingerprint density at radius 2 is 1.44 bits per heavy atom. The van der Waals surface area contributed by atoms with Crippen LogP contribution in [0.4, 0.5) is 5.82 Å². The number of fused-ring (bicyclic) bond motifs is 3. The SMILES string of the molecule is Cc1ccc(S(=O)(=O)OC2CC3(C2)CN(c2ccc4c5cnccc5n(S(=O)(=O)c5ccc(C)cc5)c4n2)C3)cc1. The monoisotopic (exact) mass is 588 g/mol. The average molecular weight is 589 g/mol. The third-order valence-corrected chi connectivity index (χ3v) is 11.3. The Balaban J connectivity index is 1.14. The molecule has 1 saturated heterocycles. The number of aromatic nitrogens is 3. The number of hydrogen-bond acceptors (Lipinski definition) is 8. The second kappa shape index (κ2) is 9.10. The van der Waals surface area contributed by atoms with E-state index in [1.807, 2.05) is 26.0 Å². The smallest absolute Gasteiger partial charge is 0.297 e. The first-order valence-corrected chi connectivity index (χ1v) is 16.2. The Hall–Kier alpha value is -3.80. The molecule has 1 spiro atoms. The fraction of sp³-hybridized carbons (Fsp3) is 0.267. The molecule has 7 rings (SSSR count).